The highest BCUT2D eigenvalue weighted by molar-refractivity contribution is 7.11. The largest absolute Gasteiger partial charge is 0.484 e. The van der Waals surface area contributed by atoms with Gasteiger partial charge in [0, 0.05) is 11.6 Å². The fraction of sp³-hybridized carbons (Fsp3) is 0.286. The van der Waals surface area contributed by atoms with Crippen LogP contribution in [-0.2, 0) is 4.79 Å². The molecular formula is C14H14N2O3S. The molecule has 0 radical (unpaired) electrons. The molecule has 0 aliphatic carbocycles. The summed E-state index contributed by atoms with van der Waals surface area (Å²) in [7, 11) is 0. The van der Waals surface area contributed by atoms with Crippen molar-refractivity contribution in [3.05, 3.63) is 41.9 Å². The van der Waals surface area contributed by atoms with Crippen molar-refractivity contribution in [2.45, 2.75) is 6.10 Å². The molecule has 2 heterocycles. The Morgan fingerprint density at radius 1 is 1.35 bits per heavy atom. The number of likely N-dealkylation sites (tertiary alicyclic amines) is 1. The number of benzene rings is 1. The second kappa shape index (κ2) is 5.92. The number of carbonyl (C=O) groups excluding carboxylic acids is 1. The lowest BCUT2D eigenvalue weighted by Gasteiger charge is -2.38. The Hall–Kier alpha value is -2.08. The van der Waals surface area contributed by atoms with E-state index in [-0.39, 0.29) is 18.6 Å². The molecule has 0 N–H and O–H groups in total. The van der Waals surface area contributed by atoms with Crippen molar-refractivity contribution in [2.75, 3.05) is 19.7 Å². The van der Waals surface area contributed by atoms with Gasteiger partial charge in [0.05, 0.1) is 13.1 Å². The molecule has 1 aliphatic rings. The van der Waals surface area contributed by atoms with E-state index in [0.29, 0.717) is 24.0 Å². The number of thiazole rings is 1. The van der Waals surface area contributed by atoms with Gasteiger partial charge in [-0.05, 0) is 12.1 Å². The summed E-state index contributed by atoms with van der Waals surface area (Å²) < 4.78 is 11.0. The van der Waals surface area contributed by atoms with E-state index in [1.807, 2.05) is 35.7 Å². The third kappa shape index (κ3) is 3.08. The first kappa shape index (κ1) is 12.9. The van der Waals surface area contributed by atoms with Crippen LogP contribution in [0.5, 0.6) is 10.9 Å². The molecule has 5 nitrogen and oxygen atoms in total. The van der Waals surface area contributed by atoms with Crippen LogP contribution in [0.2, 0.25) is 0 Å². The Bertz CT molecular complexity index is 553. The molecule has 1 amide bonds. The molecule has 20 heavy (non-hydrogen) atoms. The first-order valence-corrected chi connectivity index (χ1v) is 7.21. The van der Waals surface area contributed by atoms with Gasteiger partial charge in [-0.1, -0.05) is 29.5 Å². The van der Waals surface area contributed by atoms with E-state index in [2.05, 4.69) is 4.98 Å². The van der Waals surface area contributed by atoms with Gasteiger partial charge in [-0.3, -0.25) is 4.79 Å². The molecule has 6 heteroatoms. The predicted molar refractivity (Wildman–Crippen MR) is 75.0 cm³/mol. The highest BCUT2D eigenvalue weighted by Crippen LogP contribution is 2.20. The number of amides is 1. The highest BCUT2D eigenvalue weighted by Gasteiger charge is 2.32. The number of carbonyl (C=O) groups is 1. The third-order valence-electron chi connectivity index (χ3n) is 2.98. The molecule has 0 saturated carbocycles. The fourth-order valence-corrected chi connectivity index (χ4v) is 2.43. The maximum atomic E-state index is 11.9. The first-order valence-electron chi connectivity index (χ1n) is 6.33. The van der Waals surface area contributed by atoms with Crippen LogP contribution < -0.4 is 9.47 Å². The van der Waals surface area contributed by atoms with Crippen LogP contribution in [0, 0.1) is 0 Å². The Labute approximate surface area is 120 Å². The van der Waals surface area contributed by atoms with Gasteiger partial charge < -0.3 is 14.4 Å². The van der Waals surface area contributed by atoms with Gasteiger partial charge in [-0.25, -0.2) is 4.98 Å². The highest BCUT2D eigenvalue weighted by atomic mass is 32.1. The maximum absolute atomic E-state index is 11.9. The number of hydrogen-bond acceptors (Lipinski definition) is 5. The van der Waals surface area contributed by atoms with Crippen LogP contribution in [0.3, 0.4) is 0 Å². The summed E-state index contributed by atoms with van der Waals surface area (Å²) in [6.07, 6.45) is 1.75. The first-order chi connectivity index (χ1) is 9.81. The number of para-hydroxylation sites is 1. The van der Waals surface area contributed by atoms with Crippen molar-refractivity contribution >= 4 is 17.2 Å². The Morgan fingerprint density at radius 2 is 2.15 bits per heavy atom. The normalized spacial score (nSPS) is 14.7. The molecule has 0 bridgehead atoms. The molecule has 0 unspecified atom stereocenters. The van der Waals surface area contributed by atoms with Gasteiger partial charge in [0.25, 0.3) is 11.1 Å². The molecule has 0 atom stereocenters. The van der Waals surface area contributed by atoms with Gasteiger partial charge in [0.15, 0.2) is 6.61 Å². The summed E-state index contributed by atoms with van der Waals surface area (Å²) >= 11 is 1.46. The number of hydrogen-bond donors (Lipinski definition) is 0. The smallest absolute Gasteiger partial charge is 0.273 e. The van der Waals surface area contributed by atoms with Gasteiger partial charge in [0.2, 0.25) is 0 Å². The quantitative estimate of drug-likeness (QED) is 0.843. The number of rotatable bonds is 5. The minimum absolute atomic E-state index is 0.0205. The van der Waals surface area contributed by atoms with Crippen LogP contribution in [-0.4, -0.2) is 41.6 Å². The molecule has 1 aliphatic heterocycles. The Morgan fingerprint density at radius 3 is 2.85 bits per heavy atom. The average Bonchev–Trinajstić information content (AvgIpc) is 2.94. The van der Waals surface area contributed by atoms with Gasteiger partial charge >= 0.3 is 0 Å². The van der Waals surface area contributed by atoms with Crippen molar-refractivity contribution in [3.63, 3.8) is 0 Å². The summed E-state index contributed by atoms with van der Waals surface area (Å²) in [5.41, 5.74) is 0. The molecule has 104 valence electrons. The zero-order chi connectivity index (χ0) is 13.8. The summed E-state index contributed by atoms with van der Waals surface area (Å²) in [6, 6.07) is 9.32. The van der Waals surface area contributed by atoms with Gasteiger partial charge in [-0.15, -0.1) is 0 Å². The minimum Gasteiger partial charge on any atom is -0.484 e. The molecule has 1 saturated heterocycles. The van der Waals surface area contributed by atoms with E-state index in [4.69, 9.17) is 9.47 Å². The Balaban J connectivity index is 1.40. The molecule has 0 spiro atoms. The predicted octanol–water partition coefficient (Wildman–Crippen LogP) is 1.81. The van der Waals surface area contributed by atoms with E-state index < -0.39 is 0 Å². The van der Waals surface area contributed by atoms with E-state index in [1.54, 1.807) is 11.1 Å². The lowest BCUT2D eigenvalue weighted by Crippen LogP contribution is -2.57. The summed E-state index contributed by atoms with van der Waals surface area (Å²) in [5, 5.41) is 2.52. The van der Waals surface area contributed by atoms with Crippen molar-refractivity contribution in [1.29, 1.82) is 0 Å². The lowest BCUT2D eigenvalue weighted by molar-refractivity contribution is -0.142. The van der Waals surface area contributed by atoms with Crippen LogP contribution in [0.1, 0.15) is 0 Å². The zero-order valence-corrected chi connectivity index (χ0v) is 11.6. The van der Waals surface area contributed by atoms with E-state index in [0.717, 1.165) is 0 Å². The van der Waals surface area contributed by atoms with Crippen LogP contribution in [0.4, 0.5) is 0 Å². The van der Waals surface area contributed by atoms with Gasteiger partial charge in [0.1, 0.15) is 11.9 Å². The molecule has 2 aromatic rings. The topological polar surface area (TPSA) is 51.7 Å². The molecule has 1 aromatic carbocycles. The molecule has 3 rings (SSSR count). The molecular weight excluding hydrogens is 276 g/mol. The summed E-state index contributed by atoms with van der Waals surface area (Å²) in [5.74, 6) is 0.685. The maximum Gasteiger partial charge on any atom is 0.273 e. The monoisotopic (exact) mass is 290 g/mol. The second-order valence-electron chi connectivity index (χ2n) is 4.44. The number of aromatic nitrogens is 1. The lowest BCUT2D eigenvalue weighted by atomic mass is 10.1. The standard InChI is InChI=1S/C14H14N2O3S/c17-13(10-18-11-4-2-1-3-5-11)16-8-12(9-16)19-14-15-6-7-20-14/h1-7,12H,8-10H2. The van der Waals surface area contributed by atoms with E-state index in [9.17, 15) is 4.79 Å². The molecule has 1 aromatic heterocycles. The van der Waals surface area contributed by atoms with Gasteiger partial charge in [-0.2, -0.15) is 0 Å². The molecule has 1 fully saturated rings. The average molecular weight is 290 g/mol. The van der Waals surface area contributed by atoms with Crippen molar-refractivity contribution in [3.8, 4) is 10.9 Å². The second-order valence-corrected chi connectivity index (χ2v) is 5.30. The minimum atomic E-state index is -0.0205. The van der Waals surface area contributed by atoms with Crippen molar-refractivity contribution in [2.24, 2.45) is 0 Å². The van der Waals surface area contributed by atoms with E-state index >= 15 is 0 Å². The fourth-order valence-electron chi connectivity index (χ4n) is 1.88. The van der Waals surface area contributed by atoms with E-state index in [1.165, 1.54) is 11.3 Å². The van der Waals surface area contributed by atoms with Crippen LogP contribution >= 0.6 is 11.3 Å². The zero-order valence-electron chi connectivity index (χ0n) is 10.8. The van der Waals surface area contributed by atoms with Crippen molar-refractivity contribution < 1.29 is 14.3 Å². The summed E-state index contributed by atoms with van der Waals surface area (Å²) in [4.78, 5) is 17.7. The summed E-state index contributed by atoms with van der Waals surface area (Å²) in [6.45, 7) is 1.25. The SMILES string of the molecule is O=C(COc1ccccc1)N1CC(Oc2nccs2)C1. The van der Waals surface area contributed by atoms with Crippen molar-refractivity contribution in [1.82, 2.24) is 9.88 Å². The van der Waals surface area contributed by atoms with Crippen LogP contribution in [0.15, 0.2) is 41.9 Å². The number of nitrogens with zero attached hydrogens (tertiary/aromatic N) is 2. The third-order valence-corrected chi connectivity index (χ3v) is 3.64. The Kier molecular flexibility index (Phi) is 3.83. The number of ether oxygens (including phenoxy) is 2. The van der Waals surface area contributed by atoms with Crippen LogP contribution in [0.25, 0.3) is 0 Å².